The fourth-order valence-corrected chi connectivity index (χ4v) is 2.49. The summed E-state index contributed by atoms with van der Waals surface area (Å²) in [4.78, 5) is 23.9. The van der Waals surface area contributed by atoms with Gasteiger partial charge in [0.2, 0.25) is 0 Å². The van der Waals surface area contributed by atoms with Crippen LogP contribution in [-0.2, 0) is 11.3 Å². The molecule has 0 fully saturated rings. The number of esters is 1. The molecular weight excluding hydrogens is 290 g/mol. The van der Waals surface area contributed by atoms with E-state index in [1.54, 1.807) is 16.8 Å². The fraction of sp³-hybridized carbons (Fsp3) is 0.684. The molecule has 130 valence electrons. The Balaban J connectivity index is 2.45. The van der Waals surface area contributed by atoms with Crippen molar-refractivity contribution < 1.29 is 9.53 Å². The van der Waals surface area contributed by atoms with E-state index in [1.165, 1.54) is 31.7 Å². The van der Waals surface area contributed by atoms with Crippen molar-refractivity contribution in [1.82, 2.24) is 4.57 Å². The highest BCUT2D eigenvalue weighted by Gasteiger charge is 2.09. The van der Waals surface area contributed by atoms with Gasteiger partial charge < -0.3 is 9.30 Å². The zero-order chi connectivity index (χ0) is 16.9. The number of aryl methyl sites for hydroxylation is 1. The lowest BCUT2D eigenvalue weighted by molar-refractivity contribution is 0.0496. The van der Waals surface area contributed by atoms with Gasteiger partial charge in [-0.1, -0.05) is 58.8 Å². The van der Waals surface area contributed by atoms with E-state index < -0.39 is 0 Å². The average Bonchev–Trinajstić information content (AvgIpc) is 2.55. The van der Waals surface area contributed by atoms with Crippen molar-refractivity contribution in [2.75, 3.05) is 6.61 Å². The molecule has 23 heavy (non-hydrogen) atoms. The van der Waals surface area contributed by atoms with E-state index in [2.05, 4.69) is 13.8 Å². The lowest BCUT2D eigenvalue weighted by Gasteiger charge is -2.08. The van der Waals surface area contributed by atoms with Crippen molar-refractivity contribution in [1.29, 1.82) is 0 Å². The number of carbonyl (C=O) groups is 1. The topological polar surface area (TPSA) is 48.3 Å². The highest BCUT2D eigenvalue weighted by Crippen LogP contribution is 2.06. The van der Waals surface area contributed by atoms with Gasteiger partial charge in [-0.2, -0.15) is 0 Å². The number of pyridine rings is 1. The Labute approximate surface area is 139 Å². The summed E-state index contributed by atoms with van der Waals surface area (Å²) in [6.07, 6.45) is 11.7. The van der Waals surface area contributed by atoms with Gasteiger partial charge in [0, 0.05) is 18.8 Å². The van der Waals surface area contributed by atoms with E-state index in [0.717, 1.165) is 32.1 Å². The second-order valence-corrected chi connectivity index (χ2v) is 6.06. The summed E-state index contributed by atoms with van der Waals surface area (Å²) in [5.74, 6) is -0.332. The maximum atomic E-state index is 12.0. The molecule has 0 saturated carbocycles. The molecule has 0 aliphatic heterocycles. The van der Waals surface area contributed by atoms with Crippen LogP contribution in [0.15, 0.2) is 23.1 Å². The van der Waals surface area contributed by atoms with Crippen LogP contribution in [0.1, 0.15) is 82.0 Å². The van der Waals surface area contributed by atoms with Gasteiger partial charge in [-0.05, 0) is 18.9 Å². The molecule has 0 spiro atoms. The van der Waals surface area contributed by atoms with Gasteiger partial charge in [-0.25, -0.2) is 4.79 Å². The quantitative estimate of drug-likeness (QED) is 0.419. The zero-order valence-corrected chi connectivity index (χ0v) is 14.7. The highest BCUT2D eigenvalue weighted by molar-refractivity contribution is 5.88. The van der Waals surface area contributed by atoms with Crippen molar-refractivity contribution in [3.63, 3.8) is 0 Å². The van der Waals surface area contributed by atoms with Crippen molar-refractivity contribution >= 4 is 5.97 Å². The fourth-order valence-electron chi connectivity index (χ4n) is 2.49. The molecule has 0 bridgehead atoms. The lowest BCUT2D eigenvalue weighted by atomic mass is 10.1. The zero-order valence-electron chi connectivity index (χ0n) is 14.7. The van der Waals surface area contributed by atoms with E-state index in [-0.39, 0.29) is 11.5 Å². The predicted molar refractivity (Wildman–Crippen MR) is 93.9 cm³/mol. The SMILES string of the molecule is CCCCCCCn1cc(C(=O)OCCCCCC)ccc1=O. The van der Waals surface area contributed by atoms with E-state index in [4.69, 9.17) is 4.74 Å². The van der Waals surface area contributed by atoms with Gasteiger partial charge in [-0.15, -0.1) is 0 Å². The van der Waals surface area contributed by atoms with Crippen LogP contribution < -0.4 is 5.56 Å². The third-order valence-corrected chi connectivity index (χ3v) is 3.95. The predicted octanol–water partition coefficient (Wildman–Crippen LogP) is 4.56. The van der Waals surface area contributed by atoms with Gasteiger partial charge in [0.25, 0.3) is 5.56 Å². The number of hydrogen-bond acceptors (Lipinski definition) is 3. The minimum atomic E-state index is -0.332. The normalized spacial score (nSPS) is 10.7. The van der Waals surface area contributed by atoms with Gasteiger partial charge in [0.05, 0.1) is 12.2 Å². The molecule has 1 rings (SSSR count). The first kappa shape index (κ1) is 19.5. The Hall–Kier alpha value is -1.58. The van der Waals surface area contributed by atoms with Crippen LogP contribution in [0.4, 0.5) is 0 Å². The summed E-state index contributed by atoms with van der Waals surface area (Å²) < 4.78 is 6.90. The maximum Gasteiger partial charge on any atom is 0.339 e. The Bertz CT molecular complexity index is 508. The molecule has 1 heterocycles. The third kappa shape index (κ3) is 8.00. The molecule has 4 nitrogen and oxygen atoms in total. The van der Waals surface area contributed by atoms with Crippen LogP contribution >= 0.6 is 0 Å². The molecule has 0 aliphatic carbocycles. The third-order valence-electron chi connectivity index (χ3n) is 3.95. The molecule has 0 aromatic carbocycles. The number of hydrogen-bond donors (Lipinski definition) is 0. The monoisotopic (exact) mass is 321 g/mol. The molecule has 0 unspecified atom stereocenters. The lowest BCUT2D eigenvalue weighted by Crippen LogP contribution is -2.21. The van der Waals surface area contributed by atoms with Crippen molar-refractivity contribution in [2.24, 2.45) is 0 Å². The van der Waals surface area contributed by atoms with Gasteiger partial charge in [-0.3, -0.25) is 4.79 Å². The summed E-state index contributed by atoms with van der Waals surface area (Å²) in [7, 11) is 0. The van der Waals surface area contributed by atoms with Crippen LogP contribution in [0.25, 0.3) is 0 Å². The minimum Gasteiger partial charge on any atom is -0.462 e. The van der Waals surface area contributed by atoms with Crippen LogP contribution in [0, 0.1) is 0 Å². The Morgan fingerprint density at radius 2 is 1.61 bits per heavy atom. The Morgan fingerprint density at radius 1 is 0.957 bits per heavy atom. The smallest absolute Gasteiger partial charge is 0.339 e. The second kappa shape index (κ2) is 11.9. The number of unbranched alkanes of at least 4 members (excludes halogenated alkanes) is 7. The van der Waals surface area contributed by atoms with Crippen LogP contribution in [0.2, 0.25) is 0 Å². The summed E-state index contributed by atoms with van der Waals surface area (Å²) in [6.45, 7) is 5.45. The second-order valence-electron chi connectivity index (χ2n) is 6.06. The number of ether oxygens (including phenoxy) is 1. The summed E-state index contributed by atoms with van der Waals surface area (Å²) in [5, 5.41) is 0. The van der Waals surface area contributed by atoms with E-state index in [0.29, 0.717) is 18.7 Å². The Morgan fingerprint density at radius 3 is 2.30 bits per heavy atom. The number of aromatic nitrogens is 1. The summed E-state index contributed by atoms with van der Waals surface area (Å²) in [5.41, 5.74) is 0.411. The van der Waals surface area contributed by atoms with Crippen molar-refractivity contribution in [3.8, 4) is 0 Å². The standard InChI is InChI=1S/C19H31NO3/c1-3-5-7-9-10-14-20-16-17(12-13-18(20)21)19(22)23-15-11-8-6-4-2/h12-13,16H,3-11,14-15H2,1-2H3. The van der Waals surface area contributed by atoms with E-state index >= 15 is 0 Å². The van der Waals surface area contributed by atoms with Crippen LogP contribution in [0.5, 0.6) is 0 Å². The minimum absolute atomic E-state index is 0.0556. The van der Waals surface area contributed by atoms with Crippen molar-refractivity contribution in [2.45, 2.75) is 78.2 Å². The summed E-state index contributed by atoms with van der Waals surface area (Å²) >= 11 is 0. The number of nitrogens with zero attached hydrogens (tertiary/aromatic N) is 1. The summed E-state index contributed by atoms with van der Waals surface area (Å²) in [6, 6.07) is 3.02. The van der Waals surface area contributed by atoms with Gasteiger partial charge in [0.1, 0.15) is 0 Å². The molecule has 0 atom stereocenters. The van der Waals surface area contributed by atoms with Crippen molar-refractivity contribution in [3.05, 3.63) is 34.2 Å². The molecular formula is C19H31NO3. The highest BCUT2D eigenvalue weighted by atomic mass is 16.5. The van der Waals surface area contributed by atoms with Crippen LogP contribution in [0.3, 0.4) is 0 Å². The molecule has 1 aromatic heterocycles. The number of carbonyl (C=O) groups excluding carboxylic acids is 1. The van der Waals surface area contributed by atoms with Gasteiger partial charge in [0.15, 0.2) is 0 Å². The maximum absolute atomic E-state index is 12.0. The first-order valence-corrected chi connectivity index (χ1v) is 9.06. The molecule has 0 aliphatic rings. The number of rotatable bonds is 12. The van der Waals surface area contributed by atoms with E-state index in [9.17, 15) is 9.59 Å². The average molecular weight is 321 g/mol. The molecule has 4 heteroatoms. The molecule has 0 radical (unpaired) electrons. The molecule has 0 amide bonds. The first-order chi connectivity index (χ1) is 11.2. The largest absolute Gasteiger partial charge is 0.462 e. The Kier molecular flexibility index (Phi) is 10.1. The first-order valence-electron chi connectivity index (χ1n) is 9.06. The molecule has 0 N–H and O–H groups in total. The van der Waals surface area contributed by atoms with Crippen LogP contribution in [-0.4, -0.2) is 17.1 Å². The van der Waals surface area contributed by atoms with Gasteiger partial charge >= 0.3 is 5.97 Å². The molecule has 0 saturated heterocycles. The van der Waals surface area contributed by atoms with E-state index in [1.807, 2.05) is 0 Å². The molecule has 1 aromatic rings.